The number of amides is 1. The van der Waals surface area contributed by atoms with Crippen molar-refractivity contribution in [1.29, 1.82) is 0 Å². The Bertz CT molecular complexity index is 965. The molecular weight excluding hydrogens is 320 g/mol. The van der Waals surface area contributed by atoms with Crippen LogP contribution in [-0.2, 0) is 6.54 Å². The fourth-order valence-electron chi connectivity index (χ4n) is 2.39. The molecule has 3 rings (SSSR count). The van der Waals surface area contributed by atoms with Crippen LogP contribution in [0.25, 0.3) is 5.65 Å². The number of hydrogen-bond acceptors (Lipinski definition) is 6. The second kappa shape index (κ2) is 6.68. The Morgan fingerprint density at radius 1 is 1.08 bits per heavy atom. The molecule has 0 saturated carbocycles. The predicted molar refractivity (Wildman–Crippen MR) is 93.6 cm³/mol. The third kappa shape index (κ3) is 3.32. The molecule has 0 aliphatic heterocycles. The molecule has 0 spiro atoms. The Kier molecular flexibility index (Phi) is 4.42. The van der Waals surface area contributed by atoms with Crippen LogP contribution in [-0.4, -0.2) is 51.3 Å². The Hall–Kier alpha value is -3.29. The molecule has 0 bridgehead atoms. The molecule has 0 aromatic carbocycles. The van der Waals surface area contributed by atoms with Crippen molar-refractivity contribution in [3.05, 3.63) is 64.5 Å². The first-order valence-electron chi connectivity index (χ1n) is 7.67. The fraction of sp³-hybridized carbons (Fsp3) is 0.235. The van der Waals surface area contributed by atoms with Gasteiger partial charge in [0.2, 0.25) is 5.95 Å². The Balaban J connectivity index is 1.83. The van der Waals surface area contributed by atoms with Gasteiger partial charge < -0.3 is 9.80 Å². The van der Waals surface area contributed by atoms with Crippen LogP contribution in [0.1, 0.15) is 15.9 Å². The van der Waals surface area contributed by atoms with E-state index in [9.17, 15) is 9.59 Å². The van der Waals surface area contributed by atoms with Crippen molar-refractivity contribution in [3.8, 4) is 0 Å². The standard InChI is InChI=1S/C17H18N6O2/c1-21(2)17-19-8-12(9-20-17)11-22(3)15(24)13-10-18-14-6-4-5-7-23(14)16(13)25/h4-10H,11H2,1-3H3. The molecule has 1 amide bonds. The zero-order valence-corrected chi connectivity index (χ0v) is 14.2. The molecule has 0 saturated heterocycles. The Morgan fingerprint density at radius 2 is 1.80 bits per heavy atom. The van der Waals surface area contributed by atoms with Gasteiger partial charge in [0.15, 0.2) is 0 Å². The fourth-order valence-corrected chi connectivity index (χ4v) is 2.39. The molecular formula is C17H18N6O2. The number of carbonyl (C=O) groups excluding carboxylic acids is 1. The molecule has 0 aliphatic carbocycles. The maximum Gasteiger partial charge on any atom is 0.270 e. The van der Waals surface area contributed by atoms with Crippen molar-refractivity contribution in [2.24, 2.45) is 0 Å². The normalized spacial score (nSPS) is 10.7. The monoisotopic (exact) mass is 338 g/mol. The van der Waals surface area contributed by atoms with Gasteiger partial charge in [0.05, 0.1) is 0 Å². The molecule has 128 valence electrons. The number of rotatable bonds is 4. The largest absolute Gasteiger partial charge is 0.347 e. The third-order valence-electron chi connectivity index (χ3n) is 3.70. The van der Waals surface area contributed by atoms with E-state index in [0.717, 1.165) is 5.56 Å². The van der Waals surface area contributed by atoms with Gasteiger partial charge in [0, 0.05) is 58.0 Å². The molecule has 8 nitrogen and oxygen atoms in total. The highest BCUT2D eigenvalue weighted by atomic mass is 16.2. The summed E-state index contributed by atoms with van der Waals surface area (Å²) in [6.45, 7) is 0.295. The van der Waals surface area contributed by atoms with Crippen molar-refractivity contribution >= 4 is 17.5 Å². The van der Waals surface area contributed by atoms with Crippen molar-refractivity contribution in [2.75, 3.05) is 26.0 Å². The quantitative estimate of drug-likeness (QED) is 0.700. The molecule has 3 aromatic rings. The second-order valence-electron chi connectivity index (χ2n) is 5.85. The smallest absolute Gasteiger partial charge is 0.270 e. The minimum atomic E-state index is -0.396. The van der Waals surface area contributed by atoms with Crippen molar-refractivity contribution < 1.29 is 4.79 Å². The first-order valence-corrected chi connectivity index (χ1v) is 7.67. The van der Waals surface area contributed by atoms with Crippen molar-refractivity contribution in [1.82, 2.24) is 24.3 Å². The number of fused-ring (bicyclic) bond motifs is 1. The number of nitrogens with zero attached hydrogens (tertiary/aromatic N) is 6. The first kappa shape index (κ1) is 16.6. The Labute approximate surface area is 144 Å². The number of pyridine rings is 1. The summed E-state index contributed by atoms with van der Waals surface area (Å²) in [7, 11) is 5.33. The number of carbonyl (C=O) groups is 1. The van der Waals surface area contributed by atoms with Gasteiger partial charge >= 0.3 is 0 Å². The molecule has 0 fully saturated rings. The van der Waals surface area contributed by atoms with E-state index >= 15 is 0 Å². The van der Waals surface area contributed by atoms with Gasteiger partial charge in [0.1, 0.15) is 11.2 Å². The van der Waals surface area contributed by atoms with Gasteiger partial charge in [0.25, 0.3) is 11.5 Å². The lowest BCUT2D eigenvalue weighted by Crippen LogP contribution is -2.33. The van der Waals surface area contributed by atoms with E-state index in [1.54, 1.807) is 48.7 Å². The number of anilines is 1. The summed E-state index contributed by atoms with van der Waals surface area (Å²) in [6.07, 6.45) is 6.24. The number of hydrogen-bond donors (Lipinski definition) is 0. The highest BCUT2D eigenvalue weighted by molar-refractivity contribution is 5.93. The van der Waals surface area contributed by atoms with Crippen LogP contribution in [0.3, 0.4) is 0 Å². The van der Waals surface area contributed by atoms with Crippen molar-refractivity contribution in [3.63, 3.8) is 0 Å². The van der Waals surface area contributed by atoms with Gasteiger partial charge in [-0.05, 0) is 12.1 Å². The molecule has 0 atom stereocenters. The third-order valence-corrected chi connectivity index (χ3v) is 3.70. The number of aromatic nitrogens is 4. The maximum atomic E-state index is 12.6. The lowest BCUT2D eigenvalue weighted by Gasteiger charge is -2.17. The molecule has 0 aliphatic rings. The van der Waals surface area contributed by atoms with Gasteiger partial charge in [-0.3, -0.25) is 14.0 Å². The van der Waals surface area contributed by atoms with Crippen LogP contribution in [0.2, 0.25) is 0 Å². The molecule has 3 heterocycles. The van der Waals surface area contributed by atoms with Gasteiger partial charge in [-0.15, -0.1) is 0 Å². The van der Waals surface area contributed by atoms with Crippen LogP contribution in [0.5, 0.6) is 0 Å². The molecule has 0 radical (unpaired) electrons. The highest BCUT2D eigenvalue weighted by Crippen LogP contribution is 2.07. The minimum Gasteiger partial charge on any atom is -0.347 e. The van der Waals surface area contributed by atoms with E-state index in [4.69, 9.17) is 0 Å². The zero-order valence-electron chi connectivity index (χ0n) is 14.2. The van der Waals surface area contributed by atoms with E-state index in [-0.39, 0.29) is 11.1 Å². The average Bonchev–Trinajstić information content (AvgIpc) is 2.62. The SMILES string of the molecule is CN(Cc1cnc(N(C)C)nc1)C(=O)c1cnc2ccccn2c1=O. The summed E-state index contributed by atoms with van der Waals surface area (Å²) in [5, 5.41) is 0. The van der Waals surface area contributed by atoms with Crippen LogP contribution < -0.4 is 10.5 Å². The summed E-state index contributed by atoms with van der Waals surface area (Å²) in [4.78, 5) is 41.0. The van der Waals surface area contributed by atoms with Crippen LogP contribution in [0, 0.1) is 0 Å². The molecule has 3 aromatic heterocycles. The topological polar surface area (TPSA) is 83.7 Å². The van der Waals surface area contributed by atoms with Gasteiger partial charge in [-0.1, -0.05) is 6.07 Å². The van der Waals surface area contributed by atoms with Crippen LogP contribution >= 0.6 is 0 Å². The summed E-state index contributed by atoms with van der Waals surface area (Å²) in [5.41, 5.74) is 0.911. The predicted octanol–water partition coefficient (Wildman–Crippen LogP) is 0.823. The minimum absolute atomic E-state index is 0.0250. The molecule has 0 N–H and O–H groups in total. The molecule has 8 heteroatoms. The summed E-state index contributed by atoms with van der Waals surface area (Å²) in [5.74, 6) is 0.196. The lowest BCUT2D eigenvalue weighted by atomic mass is 10.2. The molecule has 0 unspecified atom stereocenters. The summed E-state index contributed by atoms with van der Waals surface area (Å²) < 4.78 is 1.36. The van der Waals surface area contributed by atoms with Gasteiger partial charge in [-0.25, -0.2) is 15.0 Å². The van der Waals surface area contributed by atoms with Crippen molar-refractivity contribution in [2.45, 2.75) is 6.54 Å². The molecule has 25 heavy (non-hydrogen) atoms. The Morgan fingerprint density at radius 3 is 2.48 bits per heavy atom. The average molecular weight is 338 g/mol. The second-order valence-corrected chi connectivity index (χ2v) is 5.85. The zero-order chi connectivity index (χ0) is 18.0. The van der Waals surface area contributed by atoms with E-state index in [1.807, 2.05) is 14.1 Å². The van der Waals surface area contributed by atoms with E-state index in [0.29, 0.717) is 18.1 Å². The van der Waals surface area contributed by atoms with E-state index in [2.05, 4.69) is 15.0 Å². The lowest BCUT2D eigenvalue weighted by molar-refractivity contribution is 0.0782. The summed E-state index contributed by atoms with van der Waals surface area (Å²) >= 11 is 0. The van der Waals surface area contributed by atoms with E-state index in [1.165, 1.54) is 15.5 Å². The first-order chi connectivity index (χ1) is 12.0. The maximum absolute atomic E-state index is 12.6. The van der Waals surface area contributed by atoms with Crippen LogP contribution in [0.15, 0.2) is 47.8 Å². The summed E-state index contributed by atoms with van der Waals surface area (Å²) in [6, 6.07) is 5.22. The van der Waals surface area contributed by atoms with E-state index < -0.39 is 5.91 Å². The van der Waals surface area contributed by atoms with Gasteiger partial charge in [-0.2, -0.15) is 0 Å². The van der Waals surface area contributed by atoms with Crippen LogP contribution in [0.4, 0.5) is 5.95 Å². The highest BCUT2D eigenvalue weighted by Gasteiger charge is 2.18.